The number of ether oxygens (including phenoxy) is 1. The molecule has 0 bridgehead atoms. The number of nitrogens with zero attached hydrogens (tertiary/aromatic N) is 1. The molecule has 0 radical (unpaired) electrons. The van der Waals surface area contributed by atoms with E-state index in [1.165, 1.54) is 0 Å². The fraction of sp³-hybridized carbons (Fsp3) is 0.333. The summed E-state index contributed by atoms with van der Waals surface area (Å²) in [6, 6.07) is 8.82. The smallest absolute Gasteiger partial charge is 0.421 e. The van der Waals surface area contributed by atoms with Crippen LogP contribution in [0.2, 0.25) is 0 Å². The molecule has 1 unspecified atom stereocenters. The topological polar surface area (TPSA) is 46.6 Å². The lowest BCUT2D eigenvalue weighted by atomic mass is 10.1. The number of hydrogen-bond acceptors (Lipinski definition) is 3. The van der Waals surface area contributed by atoms with E-state index in [0.29, 0.717) is 12.1 Å². The number of para-hydroxylation sites is 1. The molecule has 0 aromatic heterocycles. The third-order valence-electron chi connectivity index (χ3n) is 2.57. The molecule has 1 fully saturated rings. The number of rotatable bonds is 2. The molecule has 4 nitrogen and oxygen atoms in total. The molecule has 1 aromatic rings. The number of hydrogen-bond donors (Lipinski definition) is 0. The number of anilines is 1. The van der Waals surface area contributed by atoms with Crippen molar-refractivity contribution in [3.05, 3.63) is 30.3 Å². The second-order valence-electron chi connectivity index (χ2n) is 3.68. The molecule has 2 amide bonds. The highest BCUT2D eigenvalue weighted by atomic mass is 16.6. The zero-order valence-electron chi connectivity index (χ0n) is 9.05. The summed E-state index contributed by atoms with van der Waals surface area (Å²) in [4.78, 5) is 24.5. The van der Waals surface area contributed by atoms with Gasteiger partial charge in [-0.05, 0) is 18.6 Å². The SMILES string of the molecule is CCC1CC(=O)N(c2ccccc2)C(=O)O1. The first-order valence-corrected chi connectivity index (χ1v) is 5.31. The summed E-state index contributed by atoms with van der Waals surface area (Å²) in [5, 5.41) is 0. The van der Waals surface area contributed by atoms with Gasteiger partial charge in [0.2, 0.25) is 5.91 Å². The summed E-state index contributed by atoms with van der Waals surface area (Å²) in [6.45, 7) is 1.89. The van der Waals surface area contributed by atoms with Crippen LogP contribution in [-0.2, 0) is 9.53 Å². The molecule has 16 heavy (non-hydrogen) atoms. The van der Waals surface area contributed by atoms with Crippen LogP contribution < -0.4 is 4.90 Å². The van der Waals surface area contributed by atoms with Gasteiger partial charge in [-0.15, -0.1) is 0 Å². The first-order chi connectivity index (χ1) is 7.72. The van der Waals surface area contributed by atoms with Gasteiger partial charge in [0, 0.05) is 0 Å². The Balaban J connectivity index is 2.23. The number of imide groups is 1. The van der Waals surface area contributed by atoms with Gasteiger partial charge in [-0.25, -0.2) is 9.69 Å². The van der Waals surface area contributed by atoms with Gasteiger partial charge in [0.1, 0.15) is 6.10 Å². The lowest BCUT2D eigenvalue weighted by Crippen LogP contribution is -2.46. The van der Waals surface area contributed by atoms with E-state index in [1.54, 1.807) is 24.3 Å². The van der Waals surface area contributed by atoms with Crippen LogP contribution in [0.3, 0.4) is 0 Å². The van der Waals surface area contributed by atoms with Crippen molar-refractivity contribution in [1.29, 1.82) is 0 Å². The van der Waals surface area contributed by atoms with Crippen molar-refractivity contribution in [2.75, 3.05) is 4.90 Å². The molecule has 2 rings (SSSR count). The highest BCUT2D eigenvalue weighted by Crippen LogP contribution is 2.22. The van der Waals surface area contributed by atoms with Gasteiger partial charge in [0.05, 0.1) is 12.1 Å². The Bertz CT molecular complexity index is 384. The van der Waals surface area contributed by atoms with Gasteiger partial charge < -0.3 is 4.74 Å². The molecule has 0 N–H and O–H groups in total. The minimum Gasteiger partial charge on any atom is -0.445 e. The van der Waals surface area contributed by atoms with E-state index >= 15 is 0 Å². The Labute approximate surface area is 93.8 Å². The van der Waals surface area contributed by atoms with Crippen molar-refractivity contribution in [1.82, 2.24) is 0 Å². The maximum Gasteiger partial charge on any atom is 0.421 e. The number of amides is 2. The normalized spacial score (nSPS) is 20.8. The molecule has 0 aliphatic carbocycles. The molecule has 4 heteroatoms. The predicted octanol–water partition coefficient (Wildman–Crippen LogP) is 2.34. The van der Waals surface area contributed by atoms with Crippen molar-refractivity contribution in [2.45, 2.75) is 25.9 Å². The molecular formula is C12H13NO3. The third-order valence-corrected chi connectivity index (χ3v) is 2.57. The quantitative estimate of drug-likeness (QED) is 0.767. The van der Waals surface area contributed by atoms with Crippen molar-refractivity contribution in [3.8, 4) is 0 Å². The second kappa shape index (κ2) is 4.35. The van der Waals surface area contributed by atoms with Gasteiger partial charge in [-0.1, -0.05) is 25.1 Å². The monoisotopic (exact) mass is 219 g/mol. The van der Waals surface area contributed by atoms with E-state index in [4.69, 9.17) is 4.74 Å². The molecule has 1 heterocycles. The van der Waals surface area contributed by atoms with Crippen LogP contribution in [0.25, 0.3) is 0 Å². The summed E-state index contributed by atoms with van der Waals surface area (Å²) in [5.74, 6) is -0.200. The minimum absolute atomic E-state index is 0.200. The third kappa shape index (κ3) is 1.91. The molecule has 1 aliphatic heterocycles. The van der Waals surface area contributed by atoms with E-state index in [-0.39, 0.29) is 18.4 Å². The van der Waals surface area contributed by atoms with Crippen LogP contribution in [-0.4, -0.2) is 18.1 Å². The second-order valence-corrected chi connectivity index (χ2v) is 3.68. The summed E-state index contributed by atoms with van der Waals surface area (Å²) < 4.78 is 5.14. The molecule has 1 atom stereocenters. The largest absolute Gasteiger partial charge is 0.445 e. The minimum atomic E-state index is -0.575. The molecule has 0 spiro atoms. The summed E-state index contributed by atoms with van der Waals surface area (Å²) in [6.07, 6.45) is 0.0753. The molecule has 1 saturated heterocycles. The van der Waals surface area contributed by atoms with E-state index in [2.05, 4.69) is 0 Å². The molecule has 0 saturated carbocycles. The van der Waals surface area contributed by atoms with E-state index < -0.39 is 6.09 Å². The van der Waals surface area contributed by atoms with Crippen LogP contribution >= 0.6 is 0 Å². The number of benzene rings is 1. The van der Waals surface area contributed by atoms with Crippen LogP contribution in [0, 0.1) is 0 Å². The van der Waals surface area contributed by atoms with Crippen molar-refractivity contribution < 1.29 is 14.3 Å². The van der Waals surface area contributed by atoms with Gasteiger partial charge in [-0.2, -0.15) is 0 Å². The van der Waals surface area contributed by atoms with Gasteiger partial charge in [0.25, 0.3) is 0 Å². The molecule has 1 aromatic carbocycles. The van der Waals surface area contributed by atoms with Crippen LogP contribution in [0.4, 0.5) is 10.5 Å². The average Bonchev–Trinajstić information content (AvgIpc) is 2.29. The van der Waals surface area contributed by atoms with Crippen molar-refractivity contribution >= 4 is 17.7 Å². The zero-order chi connectivity index (χ0) is 11.5. The average molecular weight is 219 g/mol. The Hall–Kier alpha value is -1.84. The lowest BCUT2D eigenvalue weighted by molar-refractivity contribution is -0.122. The molecule has 84 valence electrons. The first kappa shape index (κ1) is 10.7. The van der Waals surface area contributed by atoms with Crippen molar-refractivity contribution in [3.63, 3.8) is 0 Å². The van der Waals surface area contributed by atoms with E-state index in [1.807, 2.05) is 13.0 Å². The maximum absolute atomic E-state index is 11.8. The van der Waals surface area contributed by atoms with E-state index in [9.17, 15) is 9.59 Å². The highest BCUT2D eigenvalue weighted by Gasteiger charge is 2.34. The number of carbonyl (C=O) groups is 2. The first-order valence-electron chi connectivity index (χ1n) is 5.31. The lowest BCUT2D eigenvalue weighted by Gasteiger charge is -2.29. The molecule has 1 aliphatic rings. The highest BCUT2D eigenvalue weighted by molar-refractivity contribution is 6.13. The van der Waals surface area contributed by atoms with Gasteiger partial charge >= 0.3 is 6.09 Å². The Morgan fingerprint density at radius 3 is 2.56 bits per heavy atom. The summed E-state index contributed by atoms with van der Waals surface area (Å²) >= 11 is 0. The fourth-order valence-electron chi connectivity index (χ4n) is 1.68. The summed E-state index contributed by atoms with van der Waals surface area (Å²) in [5.41, 5.74) is 0.562. The predicted molar refractivity (Wildman–Crippen MR) is 59.1 cm³/mol. The number of cyclic esters (lactones) is 1. The summed E-state index contributed by atoms with van der Waals surface area (Å²) in [7, 11) is 0. The molecular weight excluding hydrogens is 206 g/mol. The Kier molecular flexibility index (Phi) is 2.90. The fourth-order valence-corrected chi connectivity index (χ4v) is 1.68. The number of carbonyl (C=O) groups excluding carboxylic acids is 2. The standard InChI is InChI=1S/C12H13NO3/c1-2-10-8-11(14)13(12(15)16-10)9-6-4-3-5-7-9/h3-7,10H,2,8H2,1H3. The maximum atomic E-state index is 11.8. The van der Waals surface area contributed by atoms with E-state index in [0.717, 1.165) is 4.90 Å². The van der Waals surface area contributed by atoms with Crippen LogP contribution in [0.15, 0.2) is 30.3 Å². The Morgan fingerprint density at radius 2 is 2.00 bits per heavy atom. The van der Waals surface area contributed by atoms with Crippen molar-refractivity contribution in [2.24, 2.45) is 0 Å². The zero-order valence-corrected chi connectivity index (χ0v) is 9.05. The Morgan fingerprint density at radius 1 is 1.31 bits per heavy atom. The van der Waals surface area contributed by atoms with Gasteiger partial charge in [-0.3, -0.25) is 4.79 Å². The van der Waals surface area contributed by atoms with Crippen LogP contribution in [0.1, 0.15) is 19.8 Å². The van der Waals surface area contributed by atoms with Gasteiger partial charge in [0.15, 0.2) is 0 Å². The van der Waals surface area contributed by atoms with Crippen LogP contribution in [0.5, 0.6) is 0 Å².